The lowest BCUT2D eigenvalue weighted by Crippen LogP contribution is -2.12. The van der Waals surface area contributed by atoms with E-state index < -0.39 is 20.9 Å². The largest absolute Gasteiger partial charge is 0.340 e. The van der Waals surface area contributed by atoms with Gasteiger partial charge in [0.15, 0.2) is 5.65 Å². The fourth-order valence-corrected chi connectivity index (χ4v) is 5.68. The standard InChI is InChI=1S/C30H21N7O5S/c38-30(20-6-12-25(13-7-20)37(39)40)35-24-10-8-23(9-11-24)34-28-17-27(32-19-33-28)22-16-21-14-15-36(29(21)31-18-22)43(41,42)26-4-2-1-3-5-26/h1-19H,(H,35,38)(H,32,33,34). The molecule has 6 rings (SSSR count). The van der Waals surface area contributed by atoms with Gasteiger partial charge in [0.2, 0.25) is 0 Å². The van der Waals surface area contributed by atoms with Gasteiger partial charge >= 0.3 is 0 Å². The molecule has 0 bridgehead atoms. The molecule has 6 aromatic rings. The number of aromatic nitrogens is 4. The van der Waals surface area contributed by atoms with Gasteiger partial charge in [0, 0.05) is 58.5 Å². The maximum absolute atomic E-state index is 13.1. The van der Waals surface area contributed by atoms with E-state index in [4.69, 9.17) is 0 Å². The fraction of sp³-hybridized carbons (Fsp3) is 0. The number of nitrogens with one attached hydrogen (secondary N) is 2. The van der Waals surface area contributed by atoms with E-state index >= 15 is 0 Å². The molecule has 1 amide bonds. The van der Waals surface area contributed by atoms with Crippen LogP contribution >= 0.6 is 0 Å². The van der Waals surface area contributed by atoms with E-state index in [2.05, 4.69) is 25.6 Å². The summed E-state index contributed by atoms with van der Waals surface area (Å²) in [5, 5.41) is 17.4. The molecule has 0 atom stereocenters. The quantitative estimate of drug-likeness (QED) is 0.169. The summed E-state index contributed by atoms with van der Waals surface area (Å²) >= 11 is 0. The zero-order valence-corrected chi connectivity index (χ0v) is 23.0. The van der Waals surface area contributed by atoms with Gasteiger partial charge in [0.25, 0.3) is 21.6 Å². The Kier molecular flexibility index (Phi) is 7.06. The van der Waals surface area contributed by atoms with Gasteiger partial charge < -0.3 is 10.6 Å². The van der Waals surface area contributed by atoms with Crippen molar-refractivity contribution in [1.82, 2.24) is 18.9 Å². The van der Waals surface area contributed by atoms with E-state index in [1.807, 2.05) is 6.07 Å². The number of fused-ring (bicyclic) bond motifs is 1. The average molecular weight is 592 g/mol. The molecule has 0 saturated carbocycles. The van der Waals surface area contributed by atoms with Crippen LogP contribution in [0.4, 0.5) is 22.9 Å². The molecule has 0 spiro atoms. The zero-order chi connectivity index (χ0) is 30.0. The molecule has 0 radical (unpaired) electrons. The summed E-state index contributed by atoms with van der Waals surface area (Å²) in [7, 11) is -3.80. The number of nitrogens with zero attached hydrogens (tertiary/aromatic N) is 5. The first-order chi connectivity index (χ1) is 20.8. The summed E-state index contributed by atoms with van der Waals surface area (Å²) < 4.78 is 27.4. The normalized spacial score (nSPS) is 11.3. The SMILES string of the molecule is O=C(Nc1ccc(Nc2cc(-c3cnc4c(ccn4S(=O)(=O)c4ccccc4)c3)ncn2)cc1)c1ccc([N+](=O)[O-])cc1. The van der Waals surface area contributed by atoms with Crippen molar-refractivity contribution < 1.29 is 18.1 Å². The Morgan fingerprint density at radius 3 is 2.28 bits per heavy atom. The second kappa shape index (κ2) is 11.1. The lowest BCUT2D eigenvalue weighted by molar-refractivity contribution is -0.384. The number of hydrogen-bond donors (Lipinski definition) is 2. The Hall–Kier alpha value is -5.95. The molecule has 212 valence electrons. The smallest absolute Gasteiger partial charge is 0.269 e. The zero-order valence-electron chi connectivity index (χ0n) is 22.2. The van der Waals surface area contributed by atoms with E-state index in [9.17, 15) is 23.3 Å². The number of benzene rings is 3. The first-order valence-electron chi connectivity index (χ1n) is 12.8. The third-order valence-corrected chi connectivity index (χ3v) is 8.19. The number of nitro groups is 1. The molecular formula is C30H21N7O5S. The van der Waals surface area contributed by atoms with Crippen molar-refractivity contribution in [2.75, 3.05) is 10.6 Å². The lowest BCUT2D eigenvalue weighted by Gasteiger charge is -2.10. The summed E-state index contributed by atoms with van der Waals surface area (Å²) in [5.74, 6) is 0.117. The van der Waals surface area contributed by atoms with Gasteiger partial charge in [0.1, 0.15) is 12.1 Å². The summed E-state index contributed by atoms with van der Waals surface area (Å²) in [6.45, 7) is 0. The molecule has 0 aliphatic carbocycles. The molecule has 3 aromatic carbocycles. The van der Waals surface area contributed by atoms with Crippen LogP contribution in [0.2, 0.25) is 0 Å². The topological polar surface area (TPSA) is 162 Å². The highest BCUT2D eigenvalue weighted by Gasteiger charge is 2.20. The molecule has 43 heavy (non-hydrogen) atoms. The maximum Gasteiger partial charge on any atom is 0.269 e. The lowest BCUT2D eigenvalue weighted by atomic mass is 10.1. The van der Waals surface area contributed by atoms with Crippen molar-refractivity contribution >= 4 is 49.8 Å². The molecule has 0 aliphatic rings. The predicted octanol–water partition coefficient (Wildman–Crippen LogP) is 5.63. The first-order valence-corrected chi connectivity index (χ1v) is 14.2. The Labute approximate surface area is 244 Å². The van der Waals surface area contributed by atoms with Crippen molar-refractivity contribution in [3.63, 3.8) is 0 Å². The number of anilines is 3. The predicted molar refractivity (Wildman–Crippen MR) is 161 cm³/mol. The molecule has 0 aliphatic heterocycles. The Morgan fingerprint density at radius 2 is 1.56 bits per heavy atom. The Bertz CT molecular complexity index is 2080. The van der Waals surface area contributed by atoms with Crippen molar-refractivity contribution in [2.24, 2.45) is 0 Å². The highest BCUT2D eigenvalue weighted by atomic mass is 32.2. The molecule has 2 N–H and O–H groups in total. The van der Waals surface area contributed by atoms with Gasteiger partial charge in [0.05, 0.1) is 15.5 Å². The Morgan fingerprint density at radius 1 is 0.837 bits per heavy atom. The third kappa shape index (κ3) is 5.64. The highest BCUT2D eigenvalue weighted by Crippen LogP contribution is 2.27. The number of pyridine rings is 1. The summed E-state index contributed by atoms with van der Waals surface area (Å²) in [6.07, 6.45) is 4.45. The fourth-order valence-electron chi connectivity index (χ4n) is 4.35. The molecule has 3 heterocycles. The van der Waals surface area contributed by atoms with Crippen LogP contribution < -0.4 is 10.6 Å². The second-order valence-electron chi connectivity index (χ2n) is 9.32. The van der Waals surface area contributed by atoms with E-state index in [0.717, 1.165) is 3.97 Å². The monoisotopic (exact) mass is 591 g/mol. The number of carbonyl (C=O) groups is 1. The number of rotatable bonds is 8. The molecule has 0 unspecified atom stereocenters. The number of non-ortho nitro benzene ring substituents is 1. The van der Waals surface area contributed by atoms with Gasteiger partial charge in [-0.25, -0.2) is 27.3 Å². The summed E-state index contributed by atoms with van der Waals surface area (Å²) in [6, 6.07) is 25.7. The highest BCUT2D eigenvalue weighted by molar-refractivity contribution is 7.90. The van der Waals surface area contributed by atoms with Gasteiger partial charge in [-0.3, -0.25) is 14.9 Å². The van der Waals surface area contributed by atoms with Crippen LogP contribution in [0.3, 0.4) is 0 Å². The number of nitro benzene ring substituents is 1. The minimum atomic E-state index is -3.80. The molecule has 0 fully saturated rings. The molecule has 0 saturated heterocycles. The van der Waals surface area contributed by atoms with E-state index in [1.54, 1.807) is 60.8 Å². The van der Waals surface area contributed by atoms with Gasteiger partial charge in [-0.1, -0.05) is 18.2 Å². The van der Waals surface area contributed by atoms with Crippen molar-refractivity contribution in [1.29, 1.82) is 0 Å². The first kappa shape index (κ1) is 27.2. The maximum atomic E-state index is 13.1. The van der Waals surface area contributed by atoms with Gasteiger partial charge in [-0.2, -0.15) is 0 Å². The van der Waals surface area contributed by atoms with E-state index in [1.165, 1.54) is 48.9 Å². The van der Waals surface area contributed by atoms with Crippen LogP contribution in [0.5, 0.6) is 0 Å². The Balaban J connectivity index is 1.16. The van der Waals surface area contributed by atoms with Crippen LogP contribution in [0.1, 0.15) is 10.4 Å². The number of amides is 1. The van der Waals surface area contributed by atoms with Crippen molar-refractivity contribution in [3.05, 3.63) is 131 Å². The van der Waals surface area contributed by atoms with E-state index in [-0.39, 0.29) is 10.6 Å². The van der Waals surface area contributed by atoms with Crippen LogP contribution in [-0.2, 0) is 10.0 Å². The van der Waals surface area contributed by atoms with Gasteiger partial charge in [-0.15, -0.1) is 0 Å². The van der Waals surface area contributed by atoms with Crippen LogP contribution in [0.15, 0.2) is 121 Å². The number of hydrogen-bond acceptors (Lipinski definition) is 9. The van der Waals surface area contributed by atoms with Crippen LogP contribution in [0, 0.1) is 10.1 Å². The summed E-state index contributed by atoms with van der Waals surface area (Å²) in [4.78, 5) is 36.0. The minimum absolute atomic E-state index is 0.0925. The van der Waals surface area contributed by atoms with Crippen LogP contribution in [-0.4, -0.2) is 38.2 Å². The summed E-state index contributed by atoms with van der Waals surface area (Å²) in [5.41, 5.74) is 3.01. The van der Waals surface area contributed by atoms with Crippen molar-refractivity contribution in [2.45, 2.75) is 4.90 Å². The average Bonchev–Trinajstić information content (AvgIpc) is 3.47. The molecule has 13 heteroatoms. The van der Waals surface area contributed by atoms with E-state index in [0.29, 0.717) is 45.0 Å². The second-order valence-corrected chi connectivity index (χ2v) is 11.1. The molecule has 12 nitrogen and oxygen atoms in total. The molecule has 3 aromatic heterocycles. The van der Waals surface area contributed by atoms with Crippen molar-refractivity contribution in [3.8, 4) is 11.3 Å². The number of carbonyl (C=O) groups excluding carboxylic acids is 1. The molecular weight excluding hydrogens is 570 g/mol. The van der Waals surface area contributed by atoms with Crippen LogP contribution in [0.25, 0.3) is 22.3 Å². The minimum Gasteiger partial charge on any atom is -0.340 e. The third-order valence-electron chi connectivity index (χ3n) is 6.51. The van der Waals surface area contributed by atoms with Gasteiger partial charge in [-0.05, 0) is 60.7 Å².